The summed E-state index contributed by atoms with van der Waals surface area (Å²) in [5.41, 5.74) is 6.60. The van der Waals surface area contributed by atoms with Crippen molar-refractivity contribution >= 4 is 11.9 Å². The van der Waals surface area contributed by atoms with Gasteiger partial charge < -0.3 is 20.6 Å². The summed E-state index contributed by atoms with van der Waals surface area (Å²) in [6.45, 7) is 0.784. The normalized spacial score (nSPS) is 17.8. The molecule has 1 heterocycles. The lowest BCUT2D eigenvalue weighted by atomic mass is 10.0. The molecular formula is C21H32N4O6. The number of hydrogen-bond acceptors (Lipinski definition) is 7. The Hall–Kier alpha value is -2.72. The number of aliphatic carboxylic acids is 1. The maximum atomic E-state index is 13.2. The van der Waals surface area contributed by atoms with Crippen molar-refractivity contribution in [2.45, 2.75) is 63.1 Å². The topological polar surface area (TPSA) is 148 Å². The number of hydrogen-bond donors (Lipinski definition) is 3. The number of carboxylic acid groups (broad SMARTS) is 1. The van der Waals surface area contributed by atoms with Crippen molar-refractivity contribution in [1.82, 2.24) is 10.2 Å². The molecule has 0 saturated carbocycles. The fourth-order valence-electron chi connectivity index (χ4n) is 3.89. The predicted molar refractivity (Wildman–Crippen MR) is 114 cm³/mol. The number of likely N-dealkylation sites (tertiary alicyclic amines) is 1. The summed E-state index contributed by atoms with van der Waals surface area (Å²) in [7, 11) is 0. The molecule has 10 heteroatoms. The third-order valence-corrected chi connectivity index (χ3v) is 5.54. The first-order valence-corrected chi connectivity index (χ1v) is 10.7. The summed E-state index contributed by atoms with van der Waals surface area (Å²) >= 11 is 0. The Kier molecular flexibility index (Phi) is 10.2. The molecule has 0 spiro atoms. The van der Waals surface area contributed by atoms with E-state index < -0.39 is 23.1 Å². The Morgan fingerprint density at radius 1 is 1.26 bits per heavy atom. The van der Waals surface area contributed by atoms with Gasteiger partial charge in [-0.05, 0) is 50.6 Å². The van der Waals surface area contributed by atoms with Crippen LogP contribution in [0.15, 0.2) is 30.3 Å². The van der Waals surface area contributed by atoms with Gasteiger partial charge in [0, 0.05) is 6.54 Å². The van der Waals surface area contributed by atoms with Gasteiger partial charge in [-0.1, -0.05) is 36.8 Å². The van der Waals surface area contributed by atoms with Crippen molar-refractivity contribution in [3.05, 3.63) is 46.0 Å². The van der Waals surface area contributed by atoms with Crippen molar-refractivity contribution in [2.75, 3.05) is 19.7 Å². The lowest BCUT2D eigenvalue weighted by Crippen LogP contribution is -2.53. The number of nitrogens with one attached hydrogen (secondary N) is 1. The monoisotopic (exact) mass is 436 g/mol. The lowest BCUT2D eigenvalue weighted by Gasteiger charge is -2.30. The highest BCUT2D eigenvalue weighted by molar-refractivity contribution is 5.83. The number of carbonyl (C=O) groups is 2. The van der Waals surface area contributed by atoms with Gasteiger partial charge in [0.15, 0.2) is 0 Å². The van der Waals surface area contributed by atoms with E-state index in [1.165, 1.54) is 0 Å². The predicted octanol–water partition coefficient (Wildman–Crippen LogP) is 1.36. The number of carboxylic acids is 1. The summed E-state index contributed by atoms with van der Waals surface area (Å²) in [6.07, 6.45) is 4.10. The van der Waals surface area contributed by atoms with E-state index >= 15 is 0 Å². The molecular weight excluding hydrogens is 404 g/mol. The van der Waals surface area contributed by atoms with E-state index in [1.807, 2.05) is 30.3 Å². The maximum Gasteiger partial charge on any atom is 0.320 e. The molecule has 0 aliphatic carbocycles. The highest BCUT2D eigenvalue weighted by atomic mass is 16.9. The fraction of sp³-hybridized carbons (Fsp3) is 0.619. The third-order valence-electron chi connectivity index (χ3n) is 5.54. The smallest absolute Gasteiger partial charge is 0.320 e. The number of nitrogens with two attached hydrogens (primary N) is 1. The van der Waals surface area contributed by atoms with E-state index in [4.69, 9.17) is 5.73 Å². The first-order chi connectivity index (χ1) is 14.9. The molecule has 1 aromatic carbocycles. The highest BCUT2D eigenvalue weighted by Gasteiger charge is 2.35. The van der Waals surface area contributed by atoms with E-state index in [0.717, 1.165) is 18.4 Å². The highest BCUT2D eigenvalue weighted by Crippen LogP contribution is 2.20. The summed E-state index contributed by atoms with van der Waals surface area (Å²) < 4.78 is 0. The second-order valence-electron chi connectivity index (χ2n) is 7.77. The molecule has 10 nitrogen and oxygen atoms in total. The Morgan fingerprint density at radius 2 is 2.00 bits per heavy atom. The minimum atomic E-state index is -1.01. The van der Waals surface area contributed by atoms with Crippen LogP contribution in [0.2, 0.25) is 0 Å². The van der Waals surface area contributed by atoms with E-state index in [0.29, 0.717) is 45.2 Å². The van der Waals surface area contributed by atoms with Crippen LogP contribution in [0.25, 0.3) is 0 Å². The van der Waals surface area contributed by atoms with Gasteiger partial charge in [0.2, 0.25) is 5.91 Å². The standard InChI is InChI=1S/C21H32N4O6/c22-13-5-4-10-18(20(26)24-14-6-9-17(24)15-31-25(29)30)23-19(21(27)28)12-11-16-7-2-1-3-8-16/h1-3,7-8,17-19,23H,4-6,9-15,22H2,(H,27,28). The molecule has 2 rings (SSSR count). The van der Waals surface area contributed by atoms with Gasteiger partial charge in [-0.3, -0.25) is 14.9 Å². The molecule has 1 aromatic rings. The average Bonchev–Trinajstić information content (AvgIpc) is 3.22. The lowest BCUT2D eigenvalue weighted by molar-refractivity contribution is -0.758. The largest absolute Gasteiger partial charge is 0.480 e. The quantitative estimate of drug-likeness (QED) is 0.225. The van der Waals surface area contributed by atoms with Crippen LogP contribution in [-0.2, 0) is 20.8 Å². The zero-order valence-electron chi connectivity index (χ0n) is 17.7. The zero-order valence-corrected chi connectivity index (χ0v) is 17.7. The fourth-order valence-corrected chi connectivity index (χ4v) is 3.89. The minimum absolute atomic E-state index is 0.176. The Morgan fingerprint density at radius 3 is 2.65 bits per heavy atom. The second kappa shape index (κ2) is 12.9. The van der Waals surface area contributed by atoms with Gasteiger partial charge in [0.1, 0.15) is 12.6 Å². The van der Waals surface area contributed by atoms with E-state index in [-0.39, 0.29) is 18.6 Å². The van der Waals surface area contributed by atoms with E-state index in [2.05, 4.69) is 10.2 Å². The molecule has 4 N–H and O–H groups in total. The molecule has 0 aromatic heterocycles. The van der Waals surface area contributed by atoms with Crippen LogP contribution < -0.4 is 11.1 Å². The van der Waals surface area contributed by atoms with Crippen LogP contribution in [-0.4, -0.2) is 64.8 Å². The zero-order chi connectivity index (χ0) is 22.6. The van der Waals surface area contributed by atoms with Gasteiger partial charge in [0.25, 0.3) is 5.09 Å². The first kappa shape index (κ1) is 24.5. The molecule has 1 fully saturated rings. The third kappa shape index (κ3) is 8.14. The molecule has 1 saturated heterocycles. The number of benzene rings is 1. The molecule has 0 bridgehead atoms. The molecule has 0 radical (unpaired) electrons. The Bertz CT molecular complexity index is 717. The van der Waals surface area contributed by atoms with Crippen molar-refractivity contribution in [2.24, 2.45) is 5.73 Å². The second-order valence-corrected chi connectivity index (χ2v) is 7.77. The van der Waals surface area contributed by atoms with E-state index in [9.17, 15) is 24.8 Å². The van der Waals surface area contributed by atoms with Gasteiger partial charge >= 0.3 is 5.97 Å². The van der Waals surface area contributed by atoms with Gasteiger partial charge in [-0.15, -0.1) is 10.1 Å². The minimum Gasteiger partial charge on any atom is -0.480 e. The van der Waals surface area contributed by atoms with Crippen LogP contribution in [0.5, 0.6) is 0 Å². The van der Waals surface area contributed by atoms with Gasteiger partial charge in [-0.2, -0.15) is 0 Å². The number of nitrogens with zero attached hydrogens (tertiary/aromatic N) is 2. The molecule has 172 valence electrons. The van der Waals surface area contributed by atoms with Crippen LogP contribution in [0, 0.1) is 10.1 Å². The molecule has 1 amide bonds. The molecule has 3 unspecified atom stereocenters. The Balaban J connectivity index is 2.06. The number of amides is 1. The van der Waals surface area contributed by atoms with E-state index in [1.54, 1.807) is 4.90 Å². The van der Waals surface area contributed by atoms with Crippen molar-refractivity contribution in [3.63, 3.8) is 0 Å². The van der Waals surface area contributed by atoms with Crippen molar-refractivity contribution in [1.29, 1.82) is 0 Å². The van der Waals surface area contributed by atoms with Gasteiger partial charge in [0.05, 0.1) is 12.1 Å². The summed E-state index contributed by atoms with van der Waals surface area (Å²) in [4.78, 5) is 41.7. The SMILES string of the molecule is NCCCCC(NC(CCc1ccccc1)C(=O)O)C(=O)N1CCCC1CO[N+](=O)[O-]. The summed E-state index contributed by atoms with van der Waals surface area (Å²) in [5, 5.41) is 22.4. The number of unbranched alkanes of at least 4 members (excludes halogenated alkanes) is 1. The Labute approximate surface area is 181 Å². The average molecular weight is 437 g/mol. The van der Waals surface area contributed by atoms with Crippen molar-refractivity contribution < 1.29 is 24.6 Å². The van der Waals surface area contributed by atoms with Crippen LogP contribution in [0.1, 0.15) is 44.1 Å². The molecule has 3 atom stereocenters. The van der Waals surface area contributed by atoms with Crippen LogP contribution in [0.4, 0.5) is 0 Å². The summed E-state index contributed by atoms with van der Waals surface area (Å²) in [5.74, 6) is -1.25. The molecule has 31 heavy (non-hydrogen) atoms. The number of carbonyl (C=O) groups excluding carboxylic acids is 1. The van der Waals surface area contributed by atoms with Crippen LogP contribution in [0.3, 0.4) is 0 Å². The first-order valence-electron chi connectivity index (χ1n) is 10.7. The molecule has 1 aliphatic heterocycles. The van der Waals surface area contributed by atoms with Gasteiger partial charge in [-0.25, -0.2) is 0 Å². The van der Waals surface area contributed by atoms with Crippen LogP contribution >= 0.6 is 0 Å². The number of aryl methyl sites for hydroxylation is 1. The molecule has 1 aliphatic rings. The maximum absolute atomic E-state index is 13.2. The van der Waals surface area contributed by atoms with Crippen molar-refractivity contribution in [3.8, 4) is 0 Å². The summed E-state index contributed by atoms with van der Waals surface area (Å²) in [6, 6.07) is 7.61. The number of rotatable bonds is 14.